The number of carbonyl (C=O) groups excluding carboxylic acids is 2. The lowest BCUT2D eigenvalue weighted by Gasteiger charge is -2.32. The van der Waals surface area contributed by atoms with E-state index in [9.17, 15) is 9.59 Å². The van der Waals surface area contributed by atoms with E-state index >= 15 is 0 Å². The molecular weight excluding hydrogens is 523 g/mol. The Labute approximate surface area is 233 Å². The molecule has 0 bridgehead atoms. The highest BCUT2D eigenvalue weighted by atomic mass is 35.5. The number of rotatable bonds is 11. The maximum Gasteiger partial charge on any atom is 0.243 e. The van der Waals surface area contributed by atoms with E-state index in [-0.39, 0.29) is 37.6 Å². The van der Waals surface area contributed by atoms with Crippen molar-refractivity contribution in [3.8, 4) is 11.5 Å². The van der Waals surface area contributed by atoms with Gasteiger partial charge in [-0.1, -0.05) is 72.6 Å². The molecule has 1 aliphatic rings. The summed E-state index contributed by atoms with van der Waals surface area (Å²) in [6.45, 7) is 4.35. The van der Waals surface area contributed by atoms with Gasteiger partial charge in [0, 0.05) is 35.5 Å². The smallest absolute Gasteiger partial charge is 0.243 e. The molecule has 0 saturated heterocycles. The van der Waals surface area contributed by atoms with Crippen LogP contribution < -0.4 is 14.8 Å². The SMILES string of the molecule is CC[C@@H](C)NC(=O)[C@H](Cc1ccccc1)N(Cc1ccc(Cl)cc1Cl)C(=O)CCc1ccc2c(c1)OCO2. The topological polar surface area (TPSA) is 67.9 Å². The molecule has 0 aliphatic carbocycles. The van der Waals surface area contributed by atoms with Gasteiger partial charge in [0.1, 0.15) is 6.04 Å². The molecule has 200 valence electrons. The van der Waals surface area contributed by atoms with E-state index in [0.29, 0.717) is 34.4 Å². The summed E-state index contributed by atoms with van der Waals surface area (Å²) < 4.78 is 10.9. The molecule has 38 heavy (non-hydrogen) atoms. The van der Waals surface area contributed by atoms with E-state index in [2.05, 4.69) is 5.32 Å². The van der Waals surface area contributed by atoms with Crippen molar-refractivity contribution in [3.63, 3.8) is 0 Å². The van der Waals surface area contributed by atoms with Crippen LogP contribution in [0.3, 0.4) is 0 Å². The molecular formula is C30H32Cl2N2O4. The monoisotopic (exact) mass is 554 g/mol. The summed E-state index contributed by atoms with van der Waals surface area (Å²) in [6.07, 6.45) is 1.87. The molecule has 0 saturated carbocycles. The summed E-state index contributed by atoms with van der Waals surface area (Å²) >= 11 is 12.6. The summed E-state index contributed by atoms with van der Waals surface area (Å²) in [7, 11) is 0. The van der Waals surface area contributed by atoms with E-state index in [0.717, 1.165) is 23.1 Å². The second kappa shape index (κ2) is 13.0. The minimum Gasteiger partial charge on any atom is -0.454 e. The fraction of sp³-hybridized carbons (Fsp3) is 0.333. The predicted octanol–water partition coefficient (Wildman–Crippen LogP) is 6.21. The van der Waals surface area contributed by atoms with Crippen molar-refractivity contribution in [2.45, 2.75) is 58.2 Å². The molecule has 6 nitrogen and oxygen atoms in total. The maximum atomic E-state index is 13.8. The minimum absolute atomic E-state index is 0.0227. The molecule has 0 spiro atoms. The van der Waals surface area contributed by atoms with E-state index in [1.807, 2.05) is 62.4 Å². The first-order chi connectivity index (χ1) is 18.3. The first-order valence-electron chi connectivity index (χ1n) is 12.8. The van der Waals surface area contributed by atoms with Crippen molar-refractivity contribution in [2.24, 2.45) is 0 Å². The van der Waals surface area contributed by atoms with Crippen molar-refractivity contribution >= 4 is 35.0 Å². The molecule has 2 atom stereocenters. The van der Waals surface area contributed by atoms with Gasteiger partial charge in [0.15, 0.2) is 11.5 Å². The summed E-state index contributed by atoms with van der Waals surface area (Å²) in [4.78, 5) is 29.1. The number of aryl methyl sites for hydroxylation is 1. The number of benzene rings is 3. The molecule has 0 unspecified atom stereocenters. The predicted molar refractivity (Wildman–Crippen MR) is 150 cm³/mol. The van der Waals surface area contributed by atoms with Gasteiger partial charge >= 0.3 is 0 Å². The van der Waals surface area contributed by atoms with Gasteiger partial charge in [-0.2, -0.15) is 0 Å². The van der Waals surface area contributed by atoms with E-state index in [1.54, 1.807) is 23.1 Å². The first-order valence-corrected chi connectivity index (χ1v) is 13.6. The number of halogens is 2. The maximum absolute atomic E-state index is 13.8. The third kappa shape index (κ3) is 7.21. The molecule has 1 heterocycles. The van der Waals surface area contributed by atoms with Gasteiger partial charge in [-0.25, -0.2) is 0 Å². The number of amides is 2. The summed E-state index contributed by atoms with van der Waals surface area (Å²) in [5.41, 5.74) is 2.64. The van der Waals surface area contributed by atoms with E-state index < -0.39 is 6.04 Å². The first kappa shape index (κ1) is 27.8. The fourth-order valence-electron chi connectivity index (χ4n) is 4.32. The number of carbonyl (C=O) groups is 2. The van der Waals surface area contributed by atoms with Crippen LogP contribution in [0.25, 0.3) is 0 Å². The van der Waals surface area contributed by atoms with Gasteiger partial charge in [0.2, 0.25) is 18.6 Å². The molecule has 0 aromatic heterocycles. The van der Waals surface area contributed by atoms with Crippen molar-refractivity contribution in [2.75, 3.05) is 6.79 Å². The quantitative estimate of drug-likeness (QED) is 0.306. The van der Waals surface area contributed by atoms with Crippen LogP contribution in [0.5, 0.6) is 11.5 Å². The average Bonchev–Trinajstić information content (AvgIpc) is 3.39. The Balaban J connectivity index is 1.62. The Kier molecular flexibility index (Phi) is 9.53. The lowest BCUT2D eigenvalue weighted by atomic mass is 10.0. The van der Waals surface area contributed by atoms with Crippen molar-refractivity contribution < 1.29 is 19.1 Å². The summed E-state index contributed by atoms with van der Waals surface area (Å²) in [6, 6.07) is 19.9. The van der Waals surface area contributed by atoms with Gasteiger partial charge < -0.3 is 19.7 Å². The van der Waals surface area contributed by atoms with Crippen LogP contribution in [0.1, 0.15) is 43.4 Å². The summed E-state index contributed by atoms with van der Waals surface area (Å²) in [5.74, 6) is 1.04. The Bertz CT molecular complexity index is 1270. The molecule has 8 heteroatoms. The van der Waals surface area contributed by atoms with Gasteiger partial charge in [0.25, 0.3) is 0 Å². The Morgan fingerprint density at radius 1 is 0.974 bits per heavy atom. The van der Waals surface area contributed by atoms with Crippen LogP contribution in [0, 0.1) is 0 Å². The molecule has 1 N–H and O–H groups in total. The van der Waals surface area contributed by atoms with Crippen LogP contribution in [-0.4, -0.2) is 35.6 Å². The van der Waals surface area contributed by atoms with Gasteiger partial charge in [-0.05, 0) is 60.7 Å². The van der Waals surface area contributed by atoms with Crippen LogP contribution in [0.15, 0.2) is 66.7 Å². The zero-order valence-corrected chi connectivity index (χ0v) is 23.1. The van der Waals surface area contributed by atoms with Crippen molar-refractivity contribution in [3.05, 3.63) is 93.5 Å². The lowest BCUT2D eigenvalue weighted by molar-refractivity contribution is -0.141. The normalized spacial score (nSPS) is 13.6. The highest BCUT2D eigenvalue weighted by molar-refractivity contribution is 6.35. The van der Waals surface area contributed by atoms with Crippen molar-refractivity contribution in [1.82, 2.24) is 10.2 Å². The second-order valence-electron chi connectivity index (χ2n) is 9.47. The average molecular weight is 556 g/mol. The molecule has 2 amide bonds. The number of nitrogens with zero attached hydrogens (tertiary/aromatic N) is 1. The minimum atomic E-state index is -0.720. The number of ether oxygens (including phenoxy) is 2. The van der Waals surface area contributed by atoms with Crippen LogP contribution in [0.2, 0.25) is 10.0 Å². The zero-order chi connectivity index (χ0) is 27.1. The molecule has 1 aliphatic heterocycles. The molecule has 0 fully saturated rings. The third-order valence-electron chi connectivity index (χ3n) is 6.69. The zero-order valence-electron chi connectivity index (χ0n) is 21.6. The van der Waals surface area contributed by atoms with Gasteiger partial charge in [-0.3, -0.25) is 9.59 Å². The molecule has 0 radical (unpaired) electrons. The standard InChI is InChI=1S/C30H32Cl2N2O4/c1-3-20(2)33-30(36)26(15-21-7-5-4-6-8-21)34(18-23-11-12-24(31)17-25(23)32)29(35)14-10-22-9-13-27-28(16-22)38-19-37-27/h4-9,11-13,16-17,20,26H,3,10,14-15,18-19H2,1-2H3,(H,33,36)/t20-,26+/m1/s1. The van der Waals surface area contributed by atoms with Crippen LogP contribution in [0.4, 0.5) is 0 Å². The largest absolute Gasteiger partial charge is 0.454 e. The Hall–Kier alpha value is -3.22. The van der Waals surface area contributed by atoms with Crippen LogP contribution in [-0.2, 0) is 29.0 Å². The van der Waals surface area contributed by atoms with Gasteiger partial charge in [0.05, 0.1) is 0 Å². The highest BCUT2D eigenvalue weighted by Crippen LogP contribution is 2.33. The number of fused-ring (bicyclic) bond motifs is 1. The summed E-state index contributed by atoms with van der Waals surface area (Å²) in [5, 5.41) is 4.04. The van der Waals surface area contributed by atoms with Gasteiger partial charge in [-0.15, -0.1) is 0 Å². The third-order valence-corrected chi connectivity index (χ3v) is 7.28. The highest BCUT2D eigenvalue weighted by Gasteiger charge is 2.31. The lowest BCUT2D eigenvalue weighted by Crippen LogP contribution is -2.52. The van der Waals surface area contributed by atoms with Crippen molar-refractivity contribution in [1.29, 1.82) is 0 Å². The van der Waals surface area contributed by atoms with Crippen LogP contribution >= 0.6 is 23.2 Å². The number of nitrogens with one attached hydrogen (secondary N) is 1. The van der Waals surface area contributed by atoms with E-state index in [1.165, 1.54) is 0 Å². The molecule has 3 aromatic carbocycles. The molecule has 4 rings (SSSR count). The Morgan fingerprint density at radius 3 is 2.47 bits per heavy atom. The fourth-order valence-corrected chi connectivity index (χ4v) is 4.79. The number of hydrogen-bond acceptors (Lipinski definition) is 4. The molecule has 3 aromatic rings. The second-order valence-corrected chi connectivity index (χ2v) is 10.3. The van der Waals surface area contributed by atoms with E-state index in [4.69, 9.17) is 32.7 Å². The number of hydrogen-bond donors (Lipinski definition) is 1. The Morgan fingerprint density at radius 2 is 1.74 bits per heavy atom.